The van der Waals surface area contributed by atoms with E-state index in [1.54, 1.807) is 0 Å². The maximum atomic E-state index is 5.67. The average Bonchev–Trinajstić information content (AvgIpc) is 2.31. The van der Waals surface area contributed by atoms with Crippen molar-refractivity contribution in [3.05, 3.63) is 17.3 Å². The molecule has 1 aromatic heterocycles. The largest absolute Gasteiger partial charge is 0.374 e. The Bertz CT molecular complexity index is 383. The predicted octanol–water partition coefficient (Wildman–Crippen LogP) is 0.836. The summed E-state index contributed by atoms with van der Waals surface area (Å²) in [5, 5.41) is 11.5. The van der Waals surface area contributed by atoms with Crippen LogP contribution < -0.4 is 5.32 Å². The number of anilines is 1. The number of nitrogens with zero attached hydrogens (tertiary/aromatic N) is 3. The Morgan fingerprint density at radius 1 is 1.47 bits per heavy atom. The van der Waals surface area contributed by atoms with Gasteiger partial charge in [-0.25, -0.2) is 0 Å². The molecule has 1 fully saturated rings. The number of aryl methyl sites for hydroxylation is 2. The smallest absolute Gasteiger partial charge is 0.149 e. The highest BCUT2D eigenvalue weighted by molar-refractivity contribution is 5.37. The molecule has 0 amide bonds. The second kappa shape index (κ2) is 5.42. The van der Waals surface area contributed by atoms with E-state index in [1.165, 1.54) is 0 Å². The van der Waals surface area contributed by atoms with Crippen molar-refractivity contribution in [2.75, 3.05) is 38.6 Å². The molecular weight excluding hydrogens is 216 g/mol. The third-order valence-electron chi connectivity index (χ3n) is 3.08. The first-order valence-electron chi connectivity index (χ1n) is 6.00. The topological polar surface area (TPSA) is 50.3 Å². The first-order valence-corrected chi connectivity index (χ1v) is 6.00. The minimum absolute atomic E-state index is 0.233. The summed E-state index contributed by atoms with van der Waals surface area (Å²) < 4.78 is 5.67. The second-order valence-corrected chi connectivity index (χ2v) is 4.63. The lowest BCUT2D eigenvalue weighted by Gasteiger charge is -2.30. The van der Waals surface area contributed by atoms with Crippen LogP contribution in [0.1, 0.15) is 11.3 Å². The van der Waals surface area contributed by atoms with Gasteiger partial charge in [0.2, 0.25) is 0 Å². The van der Waals surface area contributed by atoms with Crippen molar-refractivity contribution in [2.45, 2.75) is 20.0 Å². The number of aromatic nitrogens is 2. The molecule has 1 unspecified atom stereocenters. The van der Waals surface area contributed by atoms with E-state index in [9.17, 15) is 0 Å². The van der Waals surface area contributed by atoms with Crippen molar-refractivity contribution in [1.29, 1.82) is 0 Å². The number of nitrogens with one attached hydrogen (secondary N) is 1. The Kier molecular flexibility index (Phi) is 3.91. The normalized spacial score (nSPS) is 21.5. The van der Waals surface area contributed by atoms with E-state index in [0.29, 0.717) is 0 Å². The highest BCUT2D eigenvalue weighted by Gasteiger charge is 2.17. The van der Waals surface area contributed by atoms with Crippen LogP contribution in [-0.4, -0.2) is 54.5 Å². The maximum absolute atomic E-state index is 5.67. The van der Waals surface area contributed by atoms with E-state index in [2.05, 4.69) is 27.5 Å². The molecule has 0 spiro atoms. The van der Waals surface area contributed by atoms with Crippen LogP contribution in [-0.2, 0) is 4.74 Å². The number of hydrogen-bond donors (Lipinski definition) is 1. The van der Waals surface area contributed by atoms with E-state index in [-0.39, 0.29) is 6.10 Å². The summed E-state index contributed by atoms with van der Waals surface area (Å²) in [7, 11) is 2.12. The van der Waals surface area contributed by atoms with Crippen LogP contribution in [0.15, 0.2) is 6.07 Å². The van der Waals surface area contributed by atoms with Crippen molar-refractivity contribution in [2.24, 2.45) is 0 Å². The van der Waals surface area contributed by atoms with Gasteiger partial charge >= 0.3 is 0 Å². The summed E-state index contributed by atoms with van der Waals surface area (Å²) in [5.74, 6) is 0.824. The van der Waals surface area contributed by atoms with Crippen LogP contribution in [0.2, 0.25) is 0 Å². The quantitative estimate of drug-likeness (QED) is 0.842. The molecule has 5 heteroatoms. The van der Waals surface area contributed by atoms with Crippen LogP contribution in [0.25, 0.3) is 0 Å². The Morgan fingerprint density at radius 2 is 2.29 bits per heavy atom. The Balaban J connectivity index is 1.86. The monoisotopic (exact) mass is 236 g/mol. The number of hydrogen-bond acceptors (Lipinski definition) is 5. The van der Waals surface area contributed by atoms with Gasteiger partial charge in [-0.3, -0.25) is 0 Å². The molecule has 1 N–H and O–H groups in total. The molecule has 1 aromatic rings. The van der Waals surface area contributed by atoms with Gasteiger partial charge in [0, 0.05) is 19.6 Å². The third-order valence-corrected chi connectivity index (χ3v) is 3.08. The van der Waals surface area contributed by atoms with Gasteiger partial charge in [-0.2, -0.15) is 5.10 Å². The fourth-order valence-electron chi connectivity index (χ4n) is 1.84. The van der Waals surface area contributed by atoms with Crippen molar-refractivity contribution in [3.8, 4) is 0 Å². The molecule has 1 saturated heterocycles. The molecule has 0 bridgehead atoms. The van der Waals surface area contributed by atoms with Crippen molar-refractivity contribution in [1.82, 2.24) is 15.1 Å². The van der Waals surface area contributed by atoms with Crippen LogP contribution in [0, 0.1) is 13.8 Å². The molecule has 1 atom stereocenters. The zero-order valence-corrected chi connectivity index (χ0v) is 10.7. The summed E-state index contributed by atoms with van der Waals surface area (Å²) in [6, 6.07) is 2.02. The van der Waals surface area contributed by atoms with E-state index >= 15 is 0 Å². The van der Waals surface area contributed by atoms with Gasteiger partial charge in [0.1, 0.15) is 5.82 Å². The molecule has 2 rings (SSSR count). The molecule has 5 nitrogen and oxygen atoms in total. The first-order chi connectivity index (χ1) is 8.15. The standard InChI is InChI=1S/C12H20N4O/c1-9-6-12(15-14-10(9)2)13-7-11-8-16(3)4-5-17-11/h6,11H,4-5,7-8H2,1-3H3,(H,13,15). The second-order valence-electron chi connectivity index (χ2n) is 4.63. The zero-order valence-electron chi connectivity index (χ0n) is 10.7. The van der Waals surface area contributed by atoms with Crippen LogP contribution in [0.4, 0.5) is 5.82 Å². The number of morpholine rings is 1. The van der Waals surface area contributed by atoms with Gasteiger partial charge < -0.3 is 15.0 Å². The molecular formula is C12H20N4O. The summed E-state index contributed by atoms with van der Waals surface area (Å²) in [6.07, 6.45) is 0.233. The van der Waals surface area contributed by atoms with Crippen LogP contribution in [0.3, 0.4) is 0 Å². The van der Waals surface area contributed by atoms with Gasteiger partial charge in [0.05, 0.1) is 18.4 Å². The molecule has 17 heavy (non-hydrogen) atoms. The summed E-state index contributed by atoms with van der Waals surface area (Å²) in [5.41, 5.74) is 2.13. The van der Waals surface area contributed by atoms with E-state index in [1.807, 2.05) is 19.9 Å². The molecule has 0 aromatic carbocycles. The summed E-state index contributed by atoms with van der Waals surface area (Å²) in [6.45, 7) is 7.57. The van der Waals surface area contributed by atoms with E-state index in [0.717, 1.165) is 43.3 Å². The fourth-order valence-corrected chi connectivity index (χ4v) is 1.84. The van der Waals surface area contributed by atoms with Crippen molar-refractivity contribution in [3.63, 3.8) is 0 Å². The molecule has 0 radical (unpaired) electrons. The van der Waals surface area contributed by atoms with Gasteiger partial charge in [-0.15, -0.1) is 5.10 Å². The number of rotatable bonds is 3. The highest BCUT2D eigenvalue weighted by atomic mass is 16.5. The molecule has 1 aliphatic heterocycles. The first kappa shape index (κ1) is 12.3. The maximum Gasteiger partial charge on any atom is 0.149 e. The average molecular weight is 236 g/mol. The van der Waals surface area contributed by atoms with Gasteiger partial charge in [0.15, 0.2) is 0 Å². The van der Waals surface area contributed by atoms with Gasteiger partial charge in [-0.1, -0.05) is 0 Å². The van der Waals surface area contributed by atoms with E-state index in [4.69, 9.17) is 4.74 Å². The molecule has 2 heterocycles. The SMILES string of the molecule is Cc1cc(NCC2CN(C)CCO2)nnc1C. The molecule has 0 saturated carbocycles. The Morgan fingerprint density at radius 3 is 3.00 bits per heavy atom. The third kappa shape index (κ3) is 3.38. The summed E-state index contributed by atoms with van der Waals surface area (Å²) >= 11 is 0. The Hall–Kier alpha value is -1.20. The van der Waals surface area contributed by atoms with Crippen LogP contribution in [0.5, 0.6) is 0 Å². The van der Waals surface area contributed by atoms with Gasteiger partial charge in [-0.05, 0) is 32.5 Å². The van der Waals surface area contributed by atoms with Crippen molar-refractivity contribution >= 4 is 5.82 Å². The lowest BCUT2D eigenvalue weighted by Crippen LogP contribution is -2.43. The molecule has 0 aliphatic carbocycles. The molecule has 94 valence electrons. The Labute approximate surface area is 102 Å². The number of likely N-dealkylation sites (N-methyl/N-ethyl adjacent to an activating group) is 1. The predicted molar refractivity (Wildman–Crippen MR) is 67.2 cm³/mol. The minimum Gasteiger partial charge on any atom is -0.374 e. The van der Waals surface area contributed by atoms with Gasteiger partial charge in [0.25, 0.3) is 0 Å². The van der Waals surface area contributed by atoms with Crippen molar-refractivity contribution < 1.29 is 4.74 Å². The van der Waals surface area contributed by atoms with E-state index < -0.39 is 0 Å². The highest BCUT2D eigenvalue weighted by Crippen LogP contribution is 2.09. The van der Waals surface area contributed by atoms with Crippen LogP contribution >= 0.6 is 0 Å². The summed E-state index contributed by atoms with van der Waals surface area (Å²) in [4.78, 5) is 2.28. The fraction of sp³-hybridized carbons (Fsp3) is 0.667. The lowest BCUT2D eigenvalue weighted by atomic mass is 10.2. The molecule has 1 aliphatic rings. The lowest BCUT2D eigenvalue weighted by molar-refractivity contribution is -0.0117. The minimum atomic E-state index is 0.233. The number of ether oxygens (including phenoxy) is 1. The zero-order chi connectivity index (χ0) is 12.3.